The first-order valence-electron chi connectivity index (χ1n) is 6.89. The molecule has 108 valence electrons. The van der Waals surface area contributed by atoms with Gasteiger partial charge in [0, 0.05) is 11.7 Å². The molecule has 20 heavy (non-hydrogen) atoms. The highest BCUT2D eigenvalue weighted by Gasteiger charge is 2.23. The van der Waals surface area contributed by atoms with Crippen LogP contribution >= 0.6 is 0 Å². The lowest BCUT2D eigenvalue weighted by Gasteiger charge is -2.09. The van der Waals surface area contributed by atoms with Crippen molar-refractivity contribution in [2.24, 2.45) is 5.92 Å². The van der Waals surface area contributed by atoms with Crippen molar-refractivity contribution in [3.63, 3.8) is 0 Å². The highest BCUT2D eigenvalue weighted by atomic mass is 16.5. The van der Waals surface area contributed by atoms with Crippen LogP contribution < -0.4 is 10.6 Å². The van der Waals surface area contributed by atoms with Crippen LogP contribution in [0.2, 0.25) is 0 Å². The third-order valence-electron chi connectivity index (χ3n) is 2.84. The number of ether oxygens (including phenoxy) is 1. The second-order valence-electron chi connectivity index (χ2n) is 5.44. The topological polar surface area (TPSA) is 67.4 Å². The van der Waals surface area contributed by atoms with Gasteiger partial charge < -0.3 is 15.4 Å². The minimum absolute atomic E-state index is 0.206. The number of esters is 1. The summed E-state index contributed by atoms with van der Waals surface area (Å²) in [6, 6.07) is 6.80. The molecular weight excluding hydrogens is 256 g/mol. The first-order chi connectivity index (χ1) is 9.54. The van der Waals surface area contributed by atoms with E-state index >= 15 is 0 Å². The van der Waals surface area contributed by atoms with Crippen LogP contribution in [0, 0.1) is 5.92 Å². The number of anilines is 1. The molecule has 0 aromatic heterocycles. The Kier molecular flexibility index (Phi) is 4.61. The average molecular weight is 276 g/mol. The van der Waals surface area contributed by atoms with Gasteiger partial charge in [0.05, 0.1) is 12.2 Å². The monoisotopic (exact) mass is 276 g/mol. The summed E-state index contributed by atoms with van der Waals surface area (Å²) in [6.07, 6.45) is 2.10. The van der Waals surface area contributed by atoms with E-state index in [9.17, 15) is 9.59 Å². The number of amides is 2. The third-order valence-corrected chi connectivity index (χ3v) is 2.84. The lowest BCUT2D eigenvalue weighted by Crippen LogP contribution is -2.30. The van der Waals surface area contributed by atoms with Gasteiger partial charge in [-0.05, 0) is 43.0 Å². The van der Waals surface area contributed by atoms with Gasteiger partial charge in [-0.2, -0.15) is 0 Å². The Balaban J connectivity index is 1.85. The molecular formula is C15H20N2O3. The maximum atomic E-state index is 11.7. The predicted molar refractivity (Wildman–Crippen MR) is 76.7 cm³/mol. The van der Waals surface area contributed by atoms with Crippen molar-refractivity contribution in [1.82, 2.24) is 5.32 Å². The molecule has 0 atom stereocenters. The summed E-state index contributed by atoms with van der Waals surface area (Å²) in [4.78, 5) is 23.3. The minimum Gasteiger partial charge on any atom is -0.462 e. The maximum absolute atomic E-state index is 11.7. The van der Waals surface area contributed by atoms with Gasteiger partial charge in [0.25, 0.3) is 0 Å². The number of rotatable bonds is 5. The third kappa shape index (κ3) is 4.57. The molecule has 1 aliphatic rings. The zero-order valence-corrected chi connectivity index (χ0v) is 11.8. The number of urea groups is 1. The van der Waals surface area contributed by atoms with Crippen LogP contribution in [0.25, 0.3) is 0 Å². The van der Waals surface area contributed by atoms with Gasteiger partial charge in [-0.3, -0.25) is 0 Å². The summed E-state index contributed by atoms with van der Waals surface area (Å²) < 4.78 is 5.13. The number of carbonyl (C=O) groups excluding carboxylic acids is 2. The lowest BCUT2D eigenvalue weighted by atomic mass is 10.2. The zero-order chi connectivity index (χ0) is 14.5. The Labute approximate surface area is 118 Å². The summed E-state index contributed by atoms with van der Waals surface area (Å²) in [5.41, 5.74) is 1.14. The summed E-state index contributed by atoms with van der Waals surface area (Å²) >= 11 is 0. The van der Waals surface area contributed by atoms with Crippen molar-refractivity contribution in [3.8, 4) is 0 Å². The van der Waals surface area contributed by atoms with E-state index in [1.807, 2.05) is 13.8 Å². The fourth-order valence-electron chi connectivity index (χ4n) is 1.60. The first-order valence-corrected chi connectivity index (χ1v) is 6.89. The van der Waals surface area contributed by atoms with Crippen LogP contribution in [0.15, 0.2) is 24.3 Å². The Morgan fingerprint density at radius 1 is 1.25 bits per heavy atom. The second kappa shape index (κ2) is 6.41. The van der Waals surface area contributed by atoms with Gasteiger partial charge in [0.15, 0.2) is 0 Å². The molecule has 0 aliphatic heterocycles. The van der Waals surface area contributed by atoms with Gasteiger partial charge in [-0.15, -0.1) is 0 Å². The van der Waals surface area contributed by atoms with E-state index in [0.717, 1.165) is 12.8 Å². The standard InChI is InChI=1S/C15H20N2O3/c1-10(2)9-20-14(18)11-3-5-12(6-4-11)16-15(19)17-13-7-8-13/h3-6,10,13H,7-9H2,1-2H3,(H2,16,17,19). The van der Waals surface area contributed by atoms with Crippen LogP contribution in [0.3, 0.4) is 0 Å². The summed E-state index contributed by atoms with van der Waals surface area (Å²) in [7, 11) is 0. The van der Waals surface area contributed by atoms with Crippen molar-refractivity contribution in [3.05, 3.63) is 29.8 Å². The normalized spacial score (nSPS) is 13.9. The van der Waals surface area contributed by atoms with E-state index in [0.29, 0.717) is 29.8 Å². The molecule has 0 unspecified atom stereocenters. The molecule has 2 rings (SSSR count). The fraction of sp³-hybridized carbons (Fsp3) is 0.467. The molecule has 0 spiro atoms. The molecule has 2 amide bonds. The van der Waals surface area contributed by atoms with Gasteiger partial charge >= 0.3 is 12.0 Å². The van der Waals surface area contributed by atoms with Crippen LogP contribution in [0.5, 0.6) is 0 Å². The molecule has 5 heteroatoms. The highest BCUT2D eigenvalue weighted by Crippen LogP contribution is 2.19. The van der Waals surface area contributed by atoms with E-state index in [-0.39, 0.29) is 12.0 Å². The summed E-state index contributed by atoms with van der Waals surface area (Å²) in [5, 5.41) is 5.56. The lowest BCUT2D eigenvalue weighted by molar-refractivity contribution is 0.0459. The van der Waals surface area contributed by atoms with Gasteiger partial charge in [-0.1, -0.05) is 13.8 Å². The van der Waals surface area contributed by atoms with E-state index in [4.69, 9.17) is 4.74 Å². The summed E-state index contributed by atoms with van der Waals surface area (Å²) in [5.74, 6) is -0.0290. The molecule has 2 N–H and O–H groups in total. The number of benzene rings is 1. The quantitative estimate of drug-likeness (QED) is 0.813. The Morgan fingerprint density at radius 2 is 1.90 bits per heavy atom. The van der Waals surface area contributed by atoms with Crippen LogP contribution in [0.4, 0.5) is 10.5 Å². The fourth-order valence-corrected chi connectivity index (χ4v) is 1.60. The minimum atomic E-state index is -0.340. The van der Waals surface area contributed by atoms with E-state index in [2.05, 4.69) is 10.6 Å². The molecule has 0 saturated heterocycles. The molecule has 1 aliphatic carbocycles. The maximum Gasteiger partial charge on any atom is 0.338 e. The van der Waals surface area contributed by atoms with E-state index in [1.165, 1.54) is 0 Å². The second-order valence-corrected chi connectivity index (χ2v) is 5.44. The molecule has 0 radical (unpaired) electrons. The molecule has 1 aromatic rings. The average Bonchev–Trinajstić information content (AvgIpc) is 3.20. The molecule has 1 aromatic carbocycles. The van der Waals surface area contributed by atoms with E-state index in [1.54, 1.807) is 24.3 Å². The number of nitrogens with one attached hydrogen (secondary N) is 2. The molecule has 1 fully saturated rings. The molecule has 0 bridgehead atoms. The Morgan fingerprint density at radius 3 is 2.45 bits per heavy atom. The van der Waals surface area contributed by atoms with Gasteiger partial charge in [0.1, 0.15) is 0 Å². The van der Waals surface area contributed by atoms with E-state index < -0.39 is 0 Å². The predicted octanol–water partition coefficient (Wildman–Crippen LogP) is 2.78. The first kappa shape index (κ1) is 14.4. The molecule has 1 saturated carbocycles. The van der Waals surface area contributed by atoms with Crippen molar-refractivity contribution >= 4 is 17.7 Å². The number of carbonyl (C=O) groups is 2. The largest absolute Gasteiger partial charge is 0.462 e. The Bertz CT molecular complexity index is 478. The number of hydrogen-bond donors (Lipinski definition) is 2. The SMILES string of the molecule is CC(C)COC(=O)c1ccc(NC(=O)NC2CC2)cc1. The molecule has 5 nitrogen and oxygen atoms in total. The summed E-state index contributed by atoms with van der Waals surface area (Å²) in [6.45, 7) is 4.38. The van der Waals surface area contributed by atoms with Crippen LogP contribution in [0.1, 0.15) is 37.0 Å². The van der Waals surface area contributed by atoms with Gasteiger partial charge in [0.2, 0.25) is 0 Å². The zero-order valence-electron chi connectivity index (χ0n) is 11.8. The highest BCUT2D eigenvalue weighted by molar-refractivity contribution is 5.92. The van der Waals surface area contributed by atoms with Crippen molar-refractivity contribution in [2.45, 2.75) is 32.7 Å². The smallest absolute Gasteiger partial charge is 0.338 e. The van der Waals surface area contributed by atoms with Crippen molar-refractivity contribution in [1.29, 1.82) is 0 Å². The molecule has 0 heterocycles. The van der Waals surface area contributed by atoms with Crippen LogP contribution in [-0.4, -0.2) is 24.6 Å². The van der Waals surface area contributed by atoms with Gasteiger partial charge in [-0.25, -0.2) is 9.59 Å². The van der Waals surface area contributed by atoms with Crippen molar-refractivity contribution in [2.75, 3.05) is 11.9 Å². The Hall–Kier alpha value is -2.04. The number of hydrogen-bond acceptors (Lipinski definition) is 3. The van der Waals surface area contributed by atoms with Crippen molar-refractivity contribution < 1.29 is 14.3 Å². The van der Waals surface area contributed by atoms with Crippen LogP contribution in [-0.2, 0) is 4.74 Å².